The van der Waals surface area contributed by atoms with Crippen molar-refractivity contribution in [1.82, 2.24) is 5.32 Å². The van der Waals surface area contributed by atoms with Crippen molar-refractivity contribution in [1.29, 1.82) is 0 Å². The second kappa shape index (κ2) is 7.73. The van der Waals surface area contributed by atoms with Crippen molar-refractivity contribution in [3.05, 3.63) is 66.2 Å². The van der Waals surface area contributed by atoms with Gasteiger partial charge in [0.25, 0.3) is 0 Å². The van der Waals surface area contributed by atoms with E-state index in [0.29, 0.717) is 5.75 Å². The number of hydrogen-bond donors (Lipinski definition) is 1. The first-order chi connectivity index (χ1) is 10.4. The molecule has 0 unspecified atom stereocenters. The van der Waals surface area contributed by atoms with Crippen LogP contribution in [-0.4, -0.2) is 15.9 Å². The van der Waals surface area contributed by atoms with Crippen molar-refractivity contribution in [2.45, 2.75) is 16.4 Å². The zero-order valence-electron chi connectivity index (χ0n) is 11.5. The fourth-order valence-electron chi connectivity index (χ4n) is 1.79. The van der Waals surface area contributed by atoms with Crippen LogP contribution in [0, 0.1) is 0 Å². The van der Waals surface area contributed by atoms with Gasteiger partial charge in [-0.2, -0.15) is 0 Å². The third-order valence-electron chi connectivity index (χ3n) is 2.79. The Morgan fingerprint density at radius 3 is 2.09 bits per heavy atom. The molecule has 0 aliphatic rings. The van der Waals surface area contributed by atoms with Crippen molar-refractivity contribution < 1.29 is 9.53 Å². The molecule has 1 amide bonds. The fraction of sp³-hybridized carbons (Fsp3) is 0.188. The first-order valence-electron chi connectivity index (χ1n) is 6.57. The minimum Gasteiger partial charge on any atom is -0.466 e. The number of alkyl halides is 3. The van der Waals surface area contributed by atoms with Gasteiger partial charge in [-0.3, -0.25) is 4.79 Å². The predicted octanol–water partition coefficient (Wildman–Crippen LogP) is 4.12. The first kappa shape index (κ1) is 16.9. The standard InChI is InChI=1S/C16H14Cl3NO2/c17-16(18,19)15(22-13-9-5-2-6-10-13)20-14(21)11-12-7-3-1-4-8-12/h1-10,15H,11H2,(H,20,21)/t15-/m0/s1. The zero-order valence-corrected chi connectivity index (χ0v) is 13.8. The summed E-state index contributed by atoms with van der Waals surface area (Å²) in [5.41, 5.74) is 0.864. The van der Waals surface area contributed by atoms with E-state index in [-0.39, 0.29) is 12.3 Å². The molecular weight excluding hydrogens is 345 g/mol. The number of ether oxygens (including phenoxy) is 1. The van der Waals surface area contributed by atoms with E-state index in [2.05, 4.69) is 5.32 Å². The summed E-state index contributed by atoms with van der Waals surface area (Å²) in [6.45, 7) is 0. The van der Waals surface area contributed by atoms with Crippen LogP contribution in [0.2, 0.25) is 0 Å². The molecule has 0 heterocycles. The van der Waals surface area contributed by atoms with Gasteiger partial charge >= 0.3 is 0 Å². The Kier molecular flexibility index (Phi) is 5.95. The Bertz CT molecular complexity index is 600. The molecule has 1 atom stereocenters. The van der Waals surface area contributed by atoms with Gasteiger partial charge in [0.2, 0.25) is 15.9 Å². The van der Waals surface area contributed by atoms with E-state index >= 15 is 0 Å². The van der Waals surface area contributed by atoms with Crippen LogP contribution >= 0.6 is 34.8 Å². The lowest BCUT2D eigenvalue weighted by Crippen LogP contribution is -2.48. The van der Waals surface area contributed by atoms with E-state index < -0.39 is 10.0 Å². The third kappa shape index (κ3) is 5.41. The lowest BCUT2D eigenvalue weighted by Gasteiger charge is -2.26. The summed E-state index contributed by atoms with van der Waals surface area (Å²) in [7, 11) is 0. The van der Waals surface area contributed by atoms with Crippen molar-refractivity contribution in [2.24, 2.45) is 0 Å². The maximum absolute atomic E-state index is 12.1. The number of nitrogens with one attached hydrogen (secondary N) is 1. The highest BCUT2D eigenvalue weighted by molar-refractivity contribution is 6.68. The Labute approximate surface area is 144 Å². The second-order valence-corrected chi connectivity index (χ2v) is 6.95. The van der Waals surface area contributed by atoms with Crippen LogP contribution in [0.5, 0.6) is 5.75 Å². The predicted molar refractivity (Wildman–Crippen MR) is 89.4 cm³/mol. The van der Waals surface area contributed by atoms with E-state index in [9.17, 15) is 4.79 Å². The molecule has 0 aliphatic heterocycles. The van der Waals surface area contributed by atoms with Crippen LogP contribution in [0.4, 0.5) is 0 Å². The van der Waals surface area contributed by atoms with E-state index in [1.807, 2.05) is 36.4 Å². The number of halogens is 3. The van der Waals surface area contributed by atoms with Crippen molar-refractivity contribution in [3.8, 4) is 5.75 Å². The number of hydrogen-bond acceptors (Lipinski definition) is 2. The van der Waals surface area contributed by atoms with Gasteiger partial charge in [-0.15, -0.1) is 0 Å². The molecule has 0 spiro atoms. The summed E-state index contributed by atoms with van der Waals surface area (Å²) in [5.74, 6) is 0.206. The molecule has 0 saturated heterocycles. The molecule has 2 aromatic carbocycles. The highest BCUT2D eigenvalue weighted by Gasteiger charge is 2.36. The van der Waals surface area contributed by atoms with Gasteiger partial charge in [-0.1, -0.05) is 83.3 Å². The number of amides is 1. The van der Waals surface area contributed by atoms with Gasteiger partial charge in [-0.25, -0.2) is 0 Å². The summed E-state index contributed by atoms with van der Waals surface area (Å²) in [6, 6.07) is 18.1. The van der Waals surface area contributed by atoms with Gasteiger partial charge in [0.05, 0.1) is 6.42 Å². The van der Waals surface area contributed by atoms with E-state index in [0.717, 1.165) is 5.56 Å². The van der Waals surface area contributed by atoms with Gasteiger partial charge in [0.1, 0.15) is 5.75 Å². The fourth-order valence-corrected chi connectivity index (χ4v) is 2.09. The average Bonchev–Trinajstić information content (AvgIpc) is 2.48. The highest BCUT2D eigenvalue weighted by Crippen LogP contribution is 2.31. The Hall–Kier alpha value is -1.42. The summed E-state index contributed by atoms with van der Waals surface area (Å²) < 4.78 is 3.77. The number of benzene rings is 2. The number of carbonyl (C=O) groups is 1. The quantitative estimate of drug-likeness (QED) is 0.645. The number of rotatable bonds is 5. The molecule has 0 aromatic heterocycles. The van der Waals surface area contributed by atoms with Crippen molar-refractivity contribution in [2.75, 3.05) is 0 Å². The molecule has 1 N–H and O–H groups in total. The summed E-state index contributed by atoms with van der Waals surface area (Å²) >= 11 is 17.7. The van der Waals surface area contributed by atoms with E-state index in [1.54, 1.807) is 24.3 Å². The number of para-hydroxylation sites is 1. The van der Waals surface area contributed by atoms with Gasteiger partial charge in [0, 0.05) is 0 Å². The zero-order chi connectivity index (χ0) is 16.0. The molecule has 116 valence electrons. The van der Waals surface area contributed by atoms with Crippen LogP contribution in [0.15, 0.2) is 60.7 Å². The Balaban J connectivity index is 2.02. The molecule has 0 bridgehead atoms. The summed E-state index contributed by atoms with van der Waals surface area (Å²) in [5, 5.41) is 2.60. The van der Waals surface area contributed by atoms with Crippen LogP contribution in [-0.2, 0) is 11.2 Å². The molecule has 22 heavy (non-hydrogen) atoms. The van der Waals surface area contributed by atoms with Gasteiger partial charge in [0.15, 0.2) is 0 Å². The first-order valence-corrected chi connectivity index (χ1v) is 7.70. The lowest BCUT2D eigenvalue weighted by atomic mass is 10.1. The largest absolute Gasteiger partial charge is 0.466 e. The maximum Gasteiger partial charge on any atom is 0.246 e. The van der Waals surface area contributed by atoms with E-state index in [1.165, 1.54) is 0 Å². The molecule has 0 saturated carbocycles. The Morgan fingerprint density at radius 1 is 1.00 bits per heavy atom. The van der Waals surface area contributed by atoms with Crippen molar-refractivity contribution in [3.63, 3.8) is 0 Å². The minimum absolute atomic E-state index is 0.177. The maximum atomic E-state index is 12.1. The van der Waals surface area contributed by atoms with Gasteiger partial charge < -0.3 is 10.1 Å². The SMILES string of the molecule is O=C(Cc1ccccc1)N[C@@H](Oc1ccccc1)C(Cl)(Cl)Cl. The smallest absolute Gasteiger partial charge is 0.246 e. The third-order valence-corrected chi connectivity index (χ3v) is 3.39. The minimum atomic E-state index is -1.79. The summed E-state index contributed by atoms with van der Waals surface area (Å²) in [6.07, 6.45) is -0.910. The molecule has 2 aromatic rings. The molecule has 3 nitrogen and oxygen atoms in total. The molecule has 0 fully saturated rings. The normalized spacial score (nSPS) is 12.5. The van der Waals surface area contributed by atoms with Gasteiger partial charge in [-0.05, 0) is 17.7 Å². The monoisotopic (exact) mass is 357 g/mol. The molecule has 0 aliphatic carbocycles. The van der Waals surface area contributed by atoms with Crippen LogP contribution in [0.3, 0.4) is 0 Å². The van der Waals surface area contributed by atoms with Crippen LogP contribution in [0.1, 0.15) is 5.56 Å². The van der Waals surface area contributed by atoms with Crippen LogP contribution in [0.25, 0.3) is 0 Å². The molecule has 0 radical (unpaired) electrons. The lowest BCUT2D eigenvalue weighted by molar-refractivity contribution is -0.122. The summed E-state index contributed by atoms with van der Waals surface area (Å²) in [4.78, 5) is 12.1. The van der Waals surface area contributed by atoms with Crippen molar-refractivity contribution >= 4 is 40.7 Å². The topological polar surface area (TPSA) is 38.3 Å². The van der Waals surface area contributed by atoms with Crippen LogP contribution < -0.4 is 10.1 Å². The molecule has 6 heteroatoms. The average molecular weight is 359 g/mol. The molecular formula is C16H14Cl3NO2. The number of carbonyl (C=O) groups excluding carboxylic acids is 1. The second-order valence-electron chi connectivity index (χ2n) is 4.58. The molecule has 2 rings (SSSR count). The Morgan fingerprint density at radius 2 is 1.55 bits per heavy atom. The highest BCUT2D eigenvalue weighted by atomic mass is 35.6. The van der Waals surface area contributed by atoms with E-state index in [4.69, 9.17) is 39.5 Å².